The first-order chi connectivity index (χ1) is 8.93. The van der Waals surface area contributed by atoms with Gasteiger partial charge in [-0.2, -0.15) is 0 Å². The van der Waals surface area contributed by atoms with Crippen LogP contribution in [0, 0.1) is 0 Å². The Morgan fingerprint density at radius 2 is 2.21 bits per heavy atom. The summed E-state index contributed by atoms with van der Waals surface area (Å²) >= 11 is 0. The average Bonchev–Trinajstić information content (AvgIpc) is 2.37. The molecule has 1 unspecified atom stereocenters. The quantitative estimate of drug-likeness (QED) is 0.847. The van der Waals surface area contributed by atoms with Crippen molar-refractivity contribution >= 4 is 21.2 Å². The molecular formula is C13H20N2O3S. The van der Waals surface area contributed by atoms with Crippen LogP contribution in [0.4, 0.5) is 11.4 Å². The SMILES string of the molecule is CCC1CN(c2cccc(S(C)(=O)=O)c2N)CCO1. The predicted molar refractivity (Wildman–Crippen MR) is 76.2 cm³/mol. The minimum Gasteiger partial charge on any atom is -0.396 e. The molecule has 0 spiro atoms. The predicted octanol–water partition coefficient (Wildman–Crippen LogP) is 1.29. The summed E-state index contributed by atoms with van der Waals surface area (Å²) < 4.78 is 29.0. The second-order valence-corrected chi connectivity index (χ2v) is 6.79. The number of anilines is 2. The molecule has 0 aliphatic carbocycles. The fourth-order valence-electron chi connectivity index (χ4n) is 2.32. The molecule has 1 aromatic carbocycles. The third-order valence-corrected chi connectivity index (χ3v) is 4.53. The van der Waals surface area contributed by atoms with E-state index in [0.29, 0.717) is 12.3 Å². The van der Waals surface area contributed by atoms with Crippen molar-refractivity contribution in [3.05, 3.63) is 18.2 Å². The zero-order valence-electron chi connectivity index (χ0n) is 11.3. The van der Waals surface area contributed by atoms with E-state index in [1.165, 1.54) is 6.26 Å². The van der Waals surface area contributed by atoms with E-state index < -0.39 is 9.84 Å². The minimum atomic E-state index is -3.30. The van der Waals surface area contributed by atoms with Gasteiger partial charge in [-0.3, -0.25) is 0 Å². The molecule has 1 aliphatic heterocycles. The van der Waals surface area contributed by atoms with Gasteiger partial charge in [0.2, 0.25) is 0 Å². The molecule has 1 atom stereocenters. The van der Waals surface area contributed by atoms with Crippen molar-refractivity contribution in [3.63, 3.8) is 0 Å². The fraction of sp³-hybridized carbons (Fsp3) is 0.538. The molecule has 0 amide bonds. The van der Waals surface area contributed by atoms with E-state index >= 15 is 0 Å². The van der Waals surface area contributed by atoms with Crippen LogP contribution in [0.2, 0.25) is 0 Å². The summed E-state index contributed by atoms with van der Waals surface area (Å²) in [4.78, 5) is 2.30. The number of ether oxygens (including phenoxy) is 1. The van der Waals surface area contributed by atoms with E-state index in [-0.39, 0.29) is 11.0 Å². The maximum atomic E-state index is 11.7. The highest BCUT2D eigenvalue weighted by Crippen LogP contribution is 2.31. The summed E-state index contributed by atoms with van der Waals surface area (Å²) in [7, 11) is -3.30. The molecule has 0 saturated carbocycles. The first-order valence-electron chi connectivity index (χ1n) is 6.38. The largest absolute Gasteiger partial charge is 0.396 e. The van der Waals surface area contributed by atoms with Crippen LogP contribution in [0.15, 0.2) is 23.1 Å². The van der Waals surface area contributed by atoms with Gasteiger partial charge in [0.05, 0.1) is 29.0 Å². The molecule has 0 aromatic heterocycles. The van der Waals surface area contributed by atoms with Gasteiger partial charge in [0.15, 0.2) is 9.84 Å². The molecule has 106 valence electrons. The van der Waals surface area contributed by atoms with E-state index in [1.54, 1.807) is 12.1 Å². The second-order valence-electron chi connectivity index (χ2n) is 4.81. The van der Waals surface area contributed by atoms with Gasteiger partial charge >= 0.3 is 0 Å². The Hall–Kier alpha value is -1.27. The molecule has 19 heavy (non-hydrogen) atoms. The lowest BCUT2D eigenvalue weighted by Gasteiger charge is -2.35. The van der Waals surface area contributed by atoms with Gasteiger partial charge in [0.25, 0.3) is 0 Å². The third-order valence-electron chi connectivity index (χ3n) is 3.38. The Morgan fingerprint density at radius 3 is 2.84 bits per heavy atom. The van der Waals surface area contributed by atoms with Crippen molar-refractivity contribution in [2.75, 3.05) is 36.6 Å². The lowest BCUT2D eigenvalue weighted by molar-refractivity contribution is 0.0385. The molecular weight excluding hydrogens is 264 g/mol. The van der Waals surface area contributed by atoms with Crippen molar-refractivity contribution in [2.45, 2.75) is 24.3 Å². The molecule has 1 aromatic rings. The number of rotatable bonds is 3. The number of para-hydroxylation sites is 1. The van der Waals surface area contributed by atoms with Gasteiger partial charge in [-0.15, -0.1) is 0 Å². The van der Waals surface area contributed by atoms with Crippen molar-refractivity contribution in [1.82, 2.24) is 0 Å². The highest BCUT2D eigenvalue weighted by molar-refractivity contribution is 7.90. The van der Waals surface area contributed by atoms with E-state index in [9.17, 15) is 8.42 Å². The van der Waals surface area contributed by atoms with Gasteiger partial charge in [-0.1, -0.05) is 13.0 Å². The molecule has 5 nitrogen and oxygen atoms in total. The lowest BCUT2D eigenvalue weighted by atomic mass is 10.2. The number of nitrogen functional groups attached to an aromatic ring is 1. The molecule has 1 heterocycles. The van der Waals surface area contributed by atoms with Gasteiger partial charge in [-0.25, -0.2) is 8.42 Å². The van der Waals surface area contributed by atoms with Crippen LogP contribution in [-0.4, -0.2) is 40.5 Å². The van der Waals surface area contributed by atoms with Gasteiger partial charge in [0.1, 0.15) is 0 Å². The maximum absolute atomic E-state index is 11.7. The fourth-order valence-corrected chi connectivity index (χ4v) is 3.15. The lowest BCUT2D eigenvalue weighted by Crippen LogP contribution is -2.42. The van der Waals surface area contributed by atoms with Crippen LogP contribution < -0.4 is 10.6 Å². The summed E-state index contributed by atoms with van der Waals surface area (Å²) in [5.41, 5.74) is 7.14. The van der Waals surface area contributed by atoms with Crippen LogP contribution >= 0.6 is 0 Å². The highest BCUT2D eigenvalue weighted by Gasteiger charge is 2.23. The first kappa shape index (κ1) is 14.1. The third kappa shape index (κ3) is 3.01. The molecule has 1 aliphatic rings. The van der Waals surface area contributed by atoms with Gasteiger partial charge in [0, 0.05) is 19.3 Å². The normalized spacial score (nSPS) is 20.5. The van der Waals surface area contributed by atoms with Crippen LogP contribution in [0.5, 0.6) is 0 Å². The van der Waals surface area contributed by atoms with Gasteiger partial charge in [-0.05, 0) is 18.6 Å². The van der Waals surface area contributed by atoms with Crippen LogP contribution in [0.3, 0.4) is 0 Å². The van der Waals surface area contributed by atoms with Crippen LogP contribution in [0.1, 0.15) is 13.3 Å². The number of hydrogen-bond acceptors (Lipinski definition) is 5. The Balaban J connectivity index is 2.35. The molecule has 1 fully saturated rings. The van der Waals surface area contributed by atoms with Gasteiger partial charge < -0.3 is 15.4 Å². The Labute approximate surface area is 114 Å². The number of hydrogen-bond donors (Lipinski definition) is 1. The monoisotopic (exact) mass is 284 g/mol. The number of nitrogens with zero attached hydrogens (tertiary/aromatic N) is 1. The van der Waals surface area contributed by atoms with Crippen molar-refractivity contribution in [3.8, 4) is 0 Å². The maximum Gasteiger partial charge on any atom is 0.177 e. The highest BCUT2D eigenvalue weighted by atomic mass is 32.2. The van der Waals surface area contributed by atoms with E-state index in [1.807, 2.05) is 6.07 Å². The molecule has 2 N–H and O–H groups in total. The number of morpholine rings is 1. The van der Waals surface area contributed by atoms with Crippen molar-refractivity contribution < 1.29 is 13.2 Å². The van der Waals surface area contributed by atoms with Crippen LogP contribution in [-0.2, 0) is 14.6 Å². The Morgan fingerprint density at radius 1 is 1.47 bits per heavy atom. The summed E-state index contributed by atoms with van der Waals surface area (Å²) in [6.45, 7) is 4.19. The molecule has 2 rings (SSSR count). The number of sulfone groups is 1. The minimum absolute atomic E-state index is 0.176. The molecule has 6 heteroatoms. The van der Waals surface area contributed by atoms with Crippen molar-refractivity contribution in [1.29, 1.82) is 0 Å². The number of nitrogens with two attached hydrogens (primary N) is 1. The zero-order chi connectivity index (χ0) is 14.0. The standard InChI is InChI=1S/C13H20N2O3S/c1-3-10-9-15(7-8-18-10)11-5-4-6-12(13(11)14)19(2,16)17/h4-6,10H,3,7-9,14H2,1-2H3. The van der Waals surface area contributed by atoms with Crippen molar-refractivity contribution in [2.24, 2.45) is 0 Å². The van der Waals surface area contributed by atoms with E-state index in [0.717, 1.165) is 25.2 Å². The number of benzene rings is 1. The Bertz CT molecular complexity index is 557. The zero-order valence-corrected chi connectivity index (χ0v) is 12.1. The molecule has 0 radical (unpaired) electrons. The average molecular weight is 284 g/mol. The topological polar surface area (TPSA) is 72.6 Å². The Kier molecular flexibility index (Phi) is 4.01. The smallest absolute Gasteiger partial charge is 0.177 e. The summed E-state index contributed by atoms with van der Waals surface area (Å²) in [6, 6.07) is 5.15. The first-order valence-corrected chi connectivity index (χ1v) is 8.27. The second kappa shape index (κ2) is 5.38. The molecule has 0 bridgehead atoms. The van der Waals surface area contributed by atoms with E-state index in [4.69, 9.17) is 10.5 Å². The molecule has 1 saturated heterocycles. The summed E-state index contributed by atoms with van der Waals surface area (Å²) in [5.74, 6) is 0. The summed E-state index contributed by atoms with van der Waals surface area (Å²) in [5, 5.41) is 0. The summed E-state index contributed by atoms with van der Waals surface area (Å²) in [6.07, 6.45) is 2.29. The van der Waals surface area contributed by atoms with E-state index in [2.05, 4.69) is 11.8 Å². The van der Waals surface area contributed by atoms with Crippen LogP contribution in [0.25, 0.3) is 0 Å².